The van der Waals surface area contributed by atoms with E-state index in [9.17, 15) is 8.42 Å². The summed E-state index contributed by atoms with van der Waals surface area (Å²) in [6.07, 6.45) is 0. The van der Waals surface area contributed by atoms with Crippen molar-refractivity contribution in [1.29, 1.82) is 0 Å². The van der Waals surface area contributed by atoms with Crippen LogP contribution in [0.15, 0.2) is 35.5 Å². The molecule has 0 aliphatic carbocycles. The Bertz CT molecular complexity index is 523. The molecule has 0 bridgehead atoms. The van der Waals surface area contributed by atoms with Crippen molar-refractivity contribution in [3.05, 3.63) is 30.3 Å². The Morgan fingerprint density at radius 1 is 1.20 bits per heavy atom. The average molecular weight is 226 g/mol. The van der Waals surface area contributed by atoms with Gasteiger partial charge in [-0.3, -0.25) is 0 Å². The molecule has 15 heavy (non-hydrogen) atoms. The van der Waals surface area contributed by atoms with E-state index >= 15 is 0 Å². The maximum atomic E-state index is 11.5. The standard InChI is InChI=1S/C7H6N4O3S/c12-15(13,7-8-10-11-9-7)14-6-4-2-1-3-5-6/h1-5H,(H,8,9,10,11). The van der Waals surface area contributed by atoms with Crippen LogP contribution < -0.4 is 4.18 Å². The minimum absolute atomic E-state index is 0.197. The van der Waals surface area contributed by atoms with Crippen molar-refractivity contribution in [2.75, 3.05) is 0 Å². The molecule has 0 aliphatic heterocycles. The second kappa shape index (κ2) is 3.65. The smallest absolute Gasteiger partial charge is 0.377 e. The van der Waals surface area contributed by atoms with Gasteiger partial charge < -0.3 is 4.18 Å². The summed E-state index contributed by atoms with van der Waals surface area (Å²) in [5.41, 5.74) is 0. The summed E-state index contributed by atoms with van der Waals surface area (Å²) in [4.78, 5) is 0. The minimum Gasteiger partial charge on any atom is -0.377 e. The highest BCUT2D eigenvalue weighted by molar-refractivity contribution is 7.86. The second-order valence-electron chi connectivity index (χ2n) is 2.54. The number of nitrogens with zero attached hydrogens (tertiary/aromatic N) is 3. The summed E-state index contributed by atoms with van der Waals surface area (Å²) in [7, 11) is -3.99. The van der Waals surface area contributed by atoms with Crippen LogP contribution in [0.5, 0.6) is 5.75 Å². The van der Waals surface area contributed by atoms with Crippen LogP contribution in [0.25, 0.3) is 0 Å². The molecule has 2 rings (SSSR count). The molecular formula is C7H6N4O3S. The number of aromatic nitrogens is 4. The zero-order valence-corrected chi connectivity index (χ0v) is 8.18. The lowest BCUT2D eigenvalue weighted by Crippen LogP contribution is -2.11. The molecule has 0 atom stereocenters. The van der Waals surface area contributed by atoms with Crippen LogP contribution >= 0.6 is 0 Å². The van der Waals surface area contributed by atoms with Gasteiger partial charge in [-0.2, -0.15) is 13.6 Å². The highest BCUT2D eigenvalue weighted by Gasteiger charge is 2.21. The van der Waals surface area contributed by atoms with Crippen LogP contribution in [-0.4, -0.2) is 29.0 Å². The maximum Gasteiger partial charge on any atom is 0.378 e. The molecule has 7 nitrogen and oxygen atoms in total. The van der Waals surface area contributed by atoms with Crippen molar-refractivity contribution in [3.63, 3.8) is 0 Å². The largest absolute Gasteiger partial charge is 0.378 e. The Kier molecular flexibility index (Phi) is 2.34. The summed E-state index contributed by atoms with van der Waals surface area (Å²) in [6, 6.07) is 8.07. The number of aromatic amines is 1. The van der Waals surface area contributed by atoms with Crippen LogP contribution in [0.1, 0.15) is 0 Å². The molecule has 1 N–H and O–H groups in total. The first-order valence-electron chi connectivity index (χ1n) is 3.91. The van der Waals surface area contributed by atoms with Gasteiger partial charge in [0.05, 0.1) is 0 Å². The van der Waals surface area contributed by atoms with Gasteiger partial charge in [-0.05, 0) is 17.3 Å². The van der Waals surface area contributed by atoms with Gasteiger partial charge in [-0.15, -0.1) is 5.10 Å². The monoisotopic (exact) mass is 226 g/mol. The van der Waals surface area contributed by atoms with Crippen molar-refractivity contribution < 1.29 is 12.6 Å². The number of rotatable bonds is 3. The first kappa shape index (κ1) is 9.59. The molecule has 0 fully saturated rings. The quantitative estimate of drug-likeness (QED) is 0.738. The lowest BCUT2D eigenvalue weighted by Gasteiger charge is -2.01. The van der Waals surface area contributed by atoms with Gasteiger partial charge in [0.2, 0.25) is 0 Å². The summed E-state index contributed by atoms with van der Waals surface area (Å²) in [5, 5.41) is 11.3. The third-order valence-electron chi connectivity index (χ3n) is 1.50. The van der Waals surface area contributed by atoms with E-state index in [1.165, 1.54) is 12.1 Å². The van der Waals surface area contributed by atoms with Gasteiger partial charge in [0, 0.05) is 0 Å². The van der Waals surface area contributed by atoms with E-state index in [-0.39, 0.29) is 5.75 Å². The van der Waals surface area contributed by atoms with Crippen LogP contribution in [0, 0.1) is 0 Å². The molecule has 0 saturated carbocycles. The molecule has 8 heteroatoms. The molecular weight excluding hydrogens is 220 g/mol. The van der Waals surface area contributed by atoms with Crippen molar-refractivity contribution >= 4 is 10.1 Å². The number of hydrogen-bond acceptors (Lipinski definition) is 6. The summed E-state index contributed by atoms with van der Waals surface area (Å²) in [5.74, 6) is 0.197. The van der Waals surface area contributed by atoms with Crippen LogP contribution in [0.4, 0.5) is 0 Å². The van der Waals surface area contributed by atoms with Crippen molar-refractivity contribution in [1.82, 2.24) is 20.6 Å². The fourth-order valence-corrected chi connectivity index (χ4v) is 1.63. The lowest BCUT2D eigenvalue weighted by molar-refractivity contribution is 0.477. The van der Waals surface area contributed by atoms with E-state index in [1.54, 1.807) is 18.2 Å². The molecule has 78 valence electrons. The number of H-pyrrole nitrogens is 1. The molecule has 0 unspecified atom stereocenters. The third-order valence-corrected chi connectivity index (χ3v) is 2.53. The molecule has 2 aromatic rings. The Morgan fingerprint density at radius 3 is 2.53 bits per heavy atom. The second-order valence-corrected chi connectivity index (χ2v) is 3.98. The van der Waals surface area contributed by atoms with Gasteiger partial charge in [-0.1, -0.05) is 23.3 Å². The van der Waals surface area contributed by atoms with E-state index in [1.807, 2.05) is 0 Å². The van der Waals surface area contributed by atoms with E-state index in [0.29, 0.717) is 0 Å². The van der Waals surface area contributed by atoms with Crippen molar-refractivity contribution in [2.45, 2.75) is 5.16 Å². The predicted molar refractivity (Wildman–Crippen MR) is 48.4 cm³/mol. The predicted octanol–water partition coefficient (Wildman–Crippen LogP) is -0.0326. The topological polar surface area (TPSA) is 97.8 Å². The van der Waals surface area contributed by atoms with Gasteiger partial charge in [0.1, 0.15) is 5.75 Å². The SMILES string of the molecule is O=S(=O)(Oc1ccccc1)c1nn[nH]n1. The van der Waals surface area contributed by atoms with E-state index < -0.39 is 15.3 Å². The fourth-order valence-electron chi connectivity index (χ4n) is 0.899. The van der Waals surface area contributed by atoms with E-state index in [4.69, 9.17) is 4.18 Å². The number of para-hydroxylation sites is 1. The minimum atomic E-state index is -3.99. The van der Waals surface area contributed by atoms with Gasteiger partial charge >= 0.3 is 15.3 Å². The Morgan fingerprint density at radius 2 is 1.93 bits per heavy atom. The Balaban J connectivity index is 2.27. The van der Waals surface area contributed by atoms with Crippen molar-refractivity contribution in [2.24, 2.45) is 0 Å². The Labute approximate surface area is 85.2 Å². The normalized spacial score (nSPS) is 11.2. The van der Waals surface area contributed by atoms with Crippen LogP contribution in [0.3, 0.4) is 0 Å². The van der Waals surface area contributed by atoms with Crippen LogP contribution in [0.2, 0.25) is 0 Å². The number of benzene rings is 1. The highest BCUT2D eigenvalue weighted by Crippen LogP contribution is 2.14. The first-order valence-corrected chi connectivity index (χ1v) is 5.32. The van der Waals surface area contributed by atoms with Crippen molar-refractivity contribution in [3.8, 4) is 5.75 Å². The molecule has 0 aliphatic rings. The number of tetrazole rings is 1. The molecule has 0 amide bonds. The number of nitrogens with one attached hydrogen (secondary N) is 1. The Hall–Kier alpha value is -1.96. The summed E-state index contributed by atoms with van der Waals surface area (Å²) >= 11 is 0. The third kappa shape index (κ3) is 2.10. The summed E-state index contributed by atoms with van der Waals surface area (Å²) < 4.78 is 27.6. The molecule has 0 saturated heterocycles. The molecule has 1 aromatic heterocycles. The fraction of sp³-hybridized carbons (Fsp3) is 0. The van der Waals surface area contributed by atoms with Gasteiger partial charge in [0.15, 0.2) is 0 Å². The zero-order valence-electron chi connectivity index (χ0n) is 7.36. The first-order chi connectivity index (χ1) is 7.18. The molecule has 1 aromatic carbocycles. The van der Waals surface area contributed by atoms with E-state index in [2.05, 4.69) is 20.6 Å². The van der Waals surface area contributed by atoms with Gasteiger partial charge in [-0.25, -0.2) is 0 Å². The summed E-state index contributed by atoms with van der Waals surface area (Å²) in [6.45, 7) is 0. The molecule has 1 heterocycles. The van der Waals surface area contributed by atoms with Gasteiger partial charge in [0.25, 0.3) is 0 Å². The van der Waals surface area contributed by atoms with Crippen LogP contribution in [-0.2, 0) is 10.1 Å². The molecule has 0 spiro atoms. The highest BCUT2D eigenvalue weighted by atomic mass is 32.2. The van der Waals surface area contributed by atoms with E-state index in [0.717, 1.165) is 0 Å². The lowest BCUT2D eigenvalue weighted by atomic mass is 10.3. The zero-order chi connectivity index (χ0) is 10.7. The number of hydrogen-bond donors (Lipinski definition) is 1. The molecule has 0 radical (unpaired) electrons. The maximum absolute atomic E-state index is 11.5. The average Bonchev–Trinajstić information content (AvgIpc) is 2.71.